The normalized spacial score (nSPS) is 10.6. The number of carbonyl (C=O) groups is 3. The SMILES string of the molecule is CCC(=O)Nc1ccc(Oc2ccccc2Cl)cc1NC(=NC(=O)OC)NC(=O)OC. The summed E-state index contributed by atoms with van der Waals surface area (Å²) in [6, 6.07) is 11.6. The summed E-state index contributed by atoms with van der Waals surface area (Å²) in [5.74, 6) is 0.230. The molecule has 0 saturated carbocycles. The molecule has 0 spiro atoms. The first-order valence-corrected chi connectivity index (χ1v) is 9.39. The first kappa shape index (κ1) is 23.5. The van der Waals surface area contributed by atoms with Gasteiger partial charge < -0.3 is 24.8 Å². The number of aliphatic imine (C=N–C) groups is 1. The molecule has 2 aromatic rings. The molecule has 0 aliphatic carbocycles. The molecule has 0 bridgehead atoms. The fourth-order valence-electron chi connectivity index (χ4n) is 2.19. The number of para-hydroxylation sites is 1. The van der Waals surface area contributed by atoms with E-state index in [4.69, 9.17) is 16.3 Å². The first-order valence-electron chi connectivity index (χ1n) is 9.01. The van der Waals surface area contributed by atoms with E-state index in [9.17, 15) is 14.4 Å². The minimum absolute atomic E-state index is 0.237. The number of carbonyl (C=O) groups excluding carboxylic acids is 3. The standard InChI is InChI=1S/C20H21ClN4O6/c1-4-17(26)22-14-10-9-12(31-16-8-6-5-7-13(16)21)11-15(14)23-18(24-19(27)29-2)25-20(28)30-3/h5-11H,4H2,1-3H3,(H,22,26)(H2,23,24,25,27,28). The lowest BCUT2D eigenvalue weighted by atomic mass is 10.2. The topological polar surface area (TPSA) is 127 Å². The molecule has 0 atom stereocenters. The Morgan fingerprint density at radius 3 is 2.39 bits per heavy atom. The Morgan fingerprint density at radius 2 is 1.74 bits per heavy atom. The summed E-state index contributed by atoms with van der Waals surface area (Å²) >= 11 is 6.13. The van der Waals surface area contributed by atoms with Gasteiger partial charge in [0, 0.05) is 12.5 Å². The highest BCUT2D eigenvalue weighted by Crippen LogP contribution is 2.33. The lowest BCUT2D eigenvalue weighted by molar-refractivity contribution is -0.115. The molecular weight excluding hydrogens is 428 g/mol. The zero-order valence-corrected chi connectivity index (χ0v) is 17.8. The Bertz CT molecular complexity index is 995. The van der Waals surface area contributed by atoms with Gasteiger partial charge in [-0.3, -0.25) is 10.1 Å². The van der Waals surface area contributed by atoms with Crippen LogP contribution in [0, 0.1) is 0 Å². The van der Waals surface area contributed by atoms with Crippen LogP contribution >= 0.6 is 11.6 Å². The monoisotopic (exact) mass is 448 g/mol. The molecule has 0 radical (unpaired) electrons. The highest BCUT2D eigenvalue weighted by molar-refractivity contribution is 6.32. The molecule has 0 fully saturated rings. The van der Waals surface area contributed by atoms with Gasteiger partial charge in [0.2, 0.25) is 11.9 Å². The highest BCUT2D eigenvalue weighted by atomic mass is 35.5. The lowest BCUT2D eigenvalue weighted by Crippen LogP contribution is -2.36. The predicted octanol–water partition coefficient (Wildman–Crippen LogP) is 4.37. The third-order valence-corrected chi connectivity index (χ3v) is 4.00. The number of rotatable bonds is 5. The van der Waals surface area contributed by atoms with Crippen molar-refractivity contribution >= 4 is 47.0 Å². The summed E-state index contributed by atoms with van der Waals surface area (Å²) in [5.41, 5.74) is 0.619. The second-order valence-electron chi connectivity index (χ2n) is 5.81. The molecule has 11 heteroatoms. The molecule has 0 aromatic heterocycles. The van der Waals surface area contributed by atoms with Crippen LogP contribution in [0.15, 0.2) is 47.5 Å². The van der Waals surface area contributed by atoms with Gasteiger partial charge in [-0.2, -0.15) is 0 Å². The Labute approximate surface area is 183 Å². The number of alkyl carbamates (subject to hydrolysis) is 1. The smallest absolute Gasteiger partial charge is 0.436 e. The zero-order chi connectivity index (χ0) is 22.8. The Morgan fingerprint density at radius 1 is 1.00 bits per heavy atom. The molecule has 10 nitrogen and oxygen atoms in total. The molecule has 31 heavy (non-hydrogen) atoms. The van der Waals surface area contributed by atoms with E-state index in [1.165, 1.54) is 6.07 Å². The summed E-state index contributed by atoms with van der Waals surface area (Å²) < 4.78 is 14.8. The fourth-order valence-corrected chi connectivity index (χ4v) is 2.37. The van der Waals surface area contributed by atoms with Crippen molar-refractivity contribution in [3.05, 3.63) is 47.5 Å². The van der Waals surface area contributed by atoms with Crippen LogP contribution in [-0.4, -0.2) is 38.3 Å². The number of nitrogens with one attached hydrogen (secondary N) is 3. The molecule has 2 rings (SSSR count). The Kier molecular flexibility index (Phi) is 8.64. The molecule has 0 aliphatic heterocycles. The first-order chi connectivity index (χ1) is 14.9. The highest BCUT2D eigenvalue weighted by Gasteiger charge is 2.14. The zero-order valence-electron chi connectivity index (χ0n) is 17.0. The van der Waals surface area contributed by atoms with Crippen LogP contribution in [0.1, 0.15) is 13.3 Å². The van der Waals surface area contributed by atoms with E-state index >= 15 is 0 Å². The lowest BCUT2D eigenvalue weighted by Gasteiger charge is -2.16. The summed E-state index contributed by atoms with van der Waals surface area (Å²) in [7, 11) is 2.28. The average molecular weight is 449 g/mol. The van der Waals surface area contributed by atoms with Crippen LogP contribution in [0.25, 0.3) is 0 Å². The maximum atomic E-state index is 11.9. The average Bonchev–Trinajstić information content (AvgIpc) is 2.76. The molecule has 3 amide bonds. The van der Waals surface area contributed by atoms with Crippen molar-refractivity contribution in [1.29, 1.82) is 0 Å². The van der Waals surface area contributed by atoms with Crippen LogP contribution in [-0.2, 0) is 14.3 Å². The number of hydrogen-bond acceptors (Lipinski definition) is 6. The van der Waals surface area contributed by atoms with E-state index in [1.54, 1.807) is 43.3 Å². The van der Waals surface area contributed by atoms with Crippen LogP contribution in [0.2, 0.25) is 5.02 Å². The van der Waals surface area contributed by atoms with Crippen LogP contribution in [0.5, 0.6) is 11.5 Å². The largest absolute Gasteiger partial charge is 0.456 e. The maximum Gasteiger partial charge on any atom is 0.436 e. The molecule has 0 unspecified atom stereocenters. The van der Waals surface area contributed by atoms with Crippen LogP contribution < -0.4 is 20.7 Å². The van der Waals surface area contributed by atoms with Crippen molar-refractivity contribution in [3.63, 3.8) is 0 Å². The van der Waals surface area contributed by atoms with E-state index < -0.39 is 12.2 Å². The van der Waals surface area contributed by atoms with Gasteiger partial charge >= 0.3 is 12.2 Å². The number of halogens is 1. The van der Waals surface area contributed by atoms with E-state index in [-0.39, 0.29) is 24.0 Å². The number of anilines is 2. The Hall–Kier alpha value is -3.79. The predicted molar refractivity (Wildman–Crippen MR) is 116 cm³/mol. The molecule has 164 valence electrons. The van der Waals surface area contributed by atoms with Crippen LogP contribution in [0.3, 0.4) is 0 Å². The molecule has 0 aliphatic rings. The van der Waals surface area contributed by atoms with Crippen molar-refractivity contribution in [1.82, 2.24) is 5.32 Å². The van der Waals surface area contributed by atoms with Crippen LogP contribution in [0.4, 0.5) is 21.0 Å². The van der Waals surface area contributed by atoms with Crippen molar-refractivity contribution in [2.45, 2.75) is 13.3 Å². The van der Waals surface area contributed by atoms with E-state index in [1.807, 2.05) is 0 Å². The quantitative estimate of drug-likeness (QED) is 0.457. The maximum absolute atomic E-state index is 11.9. The van der Waals surface area contributed by atoms with E-state index in [0.29, 0.717) is 22.2 Å². The number of ether oxygens (including phenoxy) is 3. The summed E-state index contributed by atoms with van der Waals surface area (Å²) in [5, 5.41) is 8.12. The molecule has 2 aromatic carbocycles. The summed E-state index contributed by atoms with van der Waals surface area (Å²) in [4.78, 5) is 38.7. The van der Waals surface area contributed by atoms with Crippen molar-refractivity contribution in [3.8, 4) is 11.5 Å². The van der Waals surface area contributed by atoms with Crippen molar-refractivity contribution in [2.24, 2.45) is 4.99 Å². The van der Waals surface area contributed by atoms with Crippen molar-refractivity contribution < 1.29 is 28.6 Å². The number of amides is 3. The second kappa shape index (κ2) is 11.4. The van der Waals surface area contributed by atoms with Gasteiger partial charge in [-0.25, -0.2) is 9.59 Å². The summed E-state index contributed by atoms with van der Waals surface area (Å²) in [6.07, 6.45) is -1.61. The van der Waals surface area contributed by atoms with E-state index in [0.717, 1.165) is 14.2 Å². The van der Waals surface area contributed by atoms with Gasteiger partial charge in [-0.05, 0) is 24.3 Å². The Balaban J connectivity index is 2.42. The van der Waals surface area contributed by atoms with Gasteiger partial charge in [0.15, 0.2) is 0 Å². The van der Waals surface area contributed by atoms with Gasteiger partial charge in [-0.1, -0.05) is 30.7 Å². The number of benzene rings is 2. The molecule has 0 saturated heterocycles. The summed E-state index contributed by atoms with van der Waals surface area (Å²) in [6.45, 7) is 1.69. The fraction of sp³-hybridized carbons (Fsp3) is 0.200. The van der Waals surface area contributed by atoms with Crippen molar-refractivity contribution in [2.75, 3.05) is 24.9 Å². The minimum atomic E-state index is -0.971. The number of nitrogens with zero attached hydrogens (tertiary/aromatic N) is 1. The van der Waals surface area contributed by atoms with Gasteiger partial charge in [0.25, 0.3) is 0 Å². The third kappa shape index (κ3) is 7.19. The molecule has 3 N–H and O–H groups in total. The molecular formula is C20H21ClN4O6. The second-order valence-corrected chi connectivity index (χ2v) is 6.22. The third-order valence-electron chi connectivity index (χ3n) is 3.69. The molecule has 0 heterocycles. The van der Waals surface area contributed by atoms with Gasteiger partial charge in [0.1, 0.15) is 11.5 Å². The van der Waals surface area contributed by atoms with Gasteiger partial charge in [-0.15, -0.1) is 4.99 Å². The number of guanidine groups is 1. The van der Waals surface area contributed by atoms with E-state index in [2.05, 4.69) is 30.4 Å². The van der Waals surface area contributed by atoms with Gasteiger partial charge in [0.05, 0.1) is 30.6 Å². The number of methoxy groups -OCH3 is 2. The minimum Gasteiger partial charge on any atom is -0.456 e. The number of hydrogen-bond donors (Lipinski definition) is 3.